The molecular formula is C16H16BrClO2. The predicted molar refractivity (Wildman–Crippen MR) is 85.7 cm³/mol. The van der Waals surface area contributed by atoms with Crippen LogP contribution in [-0.2, 0) is 0 Å². The number of hydrogen-bond acceptors (Lipinski definition) is 2. The van der Waals surface area contributed by atoms with Gasteiger partial charge in [0.25, 0.3) is 0 Å². The van der Waals surface area contributed by atoms with E-state index in [0.29, 0.717) is 16.3 Å². The first-order valence-electron chi connectivity index (χ1n) is 6.22. The number of aliphatic hydroxyl groups is 1. The van der Waals surface area contributed by atoms with E-state index in [9.17, 15) is 5.11 Å². The molecule has 1 N–H and O–H groups in total. The Hall–Kier alpha value is -1.03. The summed E-state index contributed by atoms with van der Waals surface area (Å²) in [6.07, 6.45) is -0.778. The van der Waals surface area contributed by atoms with Gasteiger partial charge < -0.3 is 9.84 Å². The highest BCUT2D eigenvalue weighted by atomic mass is 79.9. The molecule has 2 aromatic rings. The van der Waals surface area contributed by atoms with E-state index in [1.54, 1.807) is 13.2 Å². The van der Waals surface area contributed by atoms with Gasteiger partial charge in [-0.2, -0.15) is 0 Å². The second-order valence-electron chi connectivity index (χ2n) is 4.75. The molecule has 0 radical (unpaired) electrons. The molecule has 0 fully saturated rings. The van der Waals surface area contributed by atoms with Crippen molar-refractivity contribution >= 4 is 27.5 Å². The Labute approximate surface area is 132 Å². The number of hydrogen-bond donors (Lipinski definition) is 1. The second-order valence-corrected chi connectivity index (χ2v) is 6.02. The van der Waals surface area contributed by atoms with Crippen molar-refractivity contribution < 1.29 is 9.84 Å². The summed E-state index contributed by atoms with van der Waals surface area (Å²) in [5.74, 6) is 0.662. The van der Waals surface area contributed by atoms with Crippen LogP contribution < -0.4 is 4.74 Å². The van der Waals surface area contributed by atoms with Crippen LogP contribution in [0.1, 0.15) is 28.4 Å². The maximum atomic E-state index is 10.6. The molecule has 0 heterocycles. The van der Waals surface area contributed by atoms with Gasteiger partial charge in [-0.05, 0) is 48.7 Å². The Morgan fingerprint density at radius 1 is 1.15 bits per heavy atom. The third kappa shape index (κ3) is 3.00. The molecule has 0 aliphatic carbocycles. The lowest BCUT2D eigenvalue weighted by Gasteiger charge is -2.17. The minimum atomic E-state index is -0.778. The zero-order chi connectivity index (χ0) is 14.9. The van der Waals surface area contributed by atoms with Crippen LogP contribution in [0.3, 0.4) is 0 Å². The van der Waals surface area contributed by atoms with Gasteiger partial charge in [0.15, 0.2) is 0 Å². The lowest BCUT2D eigenvalue weighted by atomic mass is 9.98. The summed E-state index contributed by atoms with van der Waals surface area (Å²) in [7, 11) is 1.60. The molecule has 0 aliphatic heterocycles. The molecule has 2 nitrogen and oxygen atoms in total. The van der Waals surface area contributed by atoms with Gasteiger partial charge in [0.2, 0.25) is 0 Å². The van der Waals surface area contributed by atoms with Gasteiger partial charge in [0, 0.05) is 15.1 Å². The molecule has 0 bridgehead atoms. The SMILES string of the molecule is COc1cc(C)c(Br)cc1C(O)c1ccc(C)c(Cl)c1. The van der Waals surface area contributed by atoms with Gasteiger partial charge in [0.05, 0.1) is 7.11 Å². The average molecular weight is 356 g/mol. The van der Waals surface area contributed by atoms with Crippen LogP contribution in [0.5, 0.6) is 5.75 Å². The Kier molecular flexibility index (Phi) is 4.74. The molecule has 0 saturated carbocycles. The number of benzene rings is 2. The Morgan fingerprint density at radius 3 is 2.45 bits per heavy atom. The van der Waals surface area contributed by atoms with Crippen molar-refractivity contribution in [2.75, 3.05) is 7.11 Å². The number of rotatable bonds is 3. The summed E-state index contributed by atoms with van der Waals surface area (Å²) in [6.45, 7) is 3.91. The predicted octanol–water partition coefficient (Wildman–Crippen LogP) is 4.81. The van der Waals surface area contributed by atoms with E-state index in [4.69, 9.17) is 16.3 Å². The van der Waals surface area contributed by atoms with Crippen molar-refractivity contribution in [3.63, 3.8) is 0 Å². The van der Waals surface area contributed by atoms with Gasteiger partial charge in [-0.3, -0.25) is 0 Å². The standard InChI is InChI=1S/C16H16BrClO2/c1-9-4-5-11(7-14(9)18)16(19)12-8-13(17)10(2)6-15(12)20-3/h4-8,16,19H,1-3H3. The van der Waals surface area contributed by atoms with Gasteiger partial charge >= 0.3 is 0 Å². The number of halogens is 2. The highest BCUT2D eigenvalue weighted by Gasteiger charge is 2.17. The van der Waals surface area contributed by atoms with E-state index in [-0.39, 0.29) is 0 Å². The molecule has 0 saturated heterocycles. The molecule has 20 heavy (non-hydrogen) atoms. The zero-order valence-electron chi connectivity index (χ0n) is 11.6. The average Bonchev–Trinajstić information content (AvgIpc) is 2.43. The van der Waals surface area contributed by atoms with Crippen molar-refractivity contribution in [3.8, 4) is 5.75 Å². The van der Waals surface area contributed by atoms with Gasteiger partial charge in [-0.25, -0.2) is 0 Å². The normalized spacial score (nSPS) is 12.3. The summed E-state index contributed by atoms with van der Waals surface area (Å²) in [6, 6.07) is 9.34. The highest BCUT2D eigenvalue weighted by molar-refractivity contribution is 9.10. The molecule has 2 aromatic carbocycles. The largest absolute Gasteiger partial charge is 0.496 e. The lowest BCUT2D eigenvalue weighted by molar-refractivity contribution is 0.214. The molecule has 1 atom stereocenters. The van der Waals surface area contributed by atoms with E-state index in [2.05, 4.69) is 15.9 Å². The summed E-state index contributed by atoms with van der Waals surface area (Å²) >= 11 is 9.61. The molecular weight excluding hydrogens is 340 g/mol. The van der Waals surface area contributed by atoms with Crippen LogP contribution in [-0.4, -0.2) is 12.2 Å². The molecule has 1 unspecified atom stereocenters. The van der Waals surface area contributed by atoms with Crippen LogP contribution in [0, 0.1) is 13.8 Å². The van der Waals surface area contributed by atoms with Crippen LogP contribution in [0.2, 0.25) is 5.02 Å². The summed E-state index contributed by atoms with van der Waals surface area (Å²) in [5, 5.41) is 11.2. The van der Waals surface area contributed by atoms with E-state index < -0.39 is 6.10 Å². The van der Waals surface area contributed by atoms with Gasteiger partial charge in [0.1, 0.15) is 11.9 Å². The Bertz CT molecular complexity index is 641. The van der Waals surface area contributed by atoms with Crippen LogP contribution in [0.25, 0.3) is 0 Å². The van der Waals surface area contributed by atoms with E-state index in [0.717, 1.165) is 21.2 Å². The fourth-order valence-corrected chi connectivity index (χ4v) is 2.57. The molecule has 106 valence electrons. The molecule has 0 aliphatic rings. The molecule has 4 heteroatoms. The van der Waals surface area contributed by atoms with Gasteiger partial charge in [-0.15, -0.1) is 0 Å². The smallest absolute Gasteiger partial charge is 0.125 e. The summed E-state index contributed by atoms with van der Waals surface area (Å²) in [4.78, 5) is 0. The quantitative estimate of drug-likeness (QED) is 0.856. The minimum absolute atomic E-state index is 0.645. The fraction of sp³-hybridized carbons (Fsp3) is 0.250. The first-order chi connectivity index (χ1) is 9.43. The first-order valence-corrected chi connectivity index (χ1v) is 7.39. The number of aliphatic hydroxyl groups excluding tert-OH is 1. The van der Waals surface area contributed by atoms with E-state index in [1.807, 2.05) is 38.1 Å². The number of ether oxygens (including phenoxy) is 1. The van der Waals surface area contributed by atoms with Crippen molar-refractivity contribution in [2.24, 2.45) is 0 Å². The molecule has 0 amide bonds. The number of methoxy groups -OCH3 is 1. The van der Waals surface area contributed by atoms with Crippen LogP contribution in [0.15, 0.2) is 34.8 Å². The molecule has 0 aromatic heterocycles. The minimum Gasteiger partial charge on any atom is -0.496 e. The maximum Gasteiger partial charge on any atom is 0.125 e. The first kappa shape index (κ1) is 15.4. The van der Waals surface area contributed by atoms with Crippen molar-refractivity contribution in [3.05, 3.63) is 62.1 Å². The third-order valence-corrected chi connectivity index (χ3v) is 4.58. The maximum absolute atomic E-state index is 10.6. The van der Waals surface area contributed by atoms with Crippen LogP contribution in [0.4, 0.5) is 0 Å². The van der Waals surface area contributed by atoms with Crippen molar-refractivity contribution in [1.29, 1.82) is 0 Å². The summed E-state index contributed by atoms with van der Waals surface area (Å²) < 4.78 is 6.30. The molecule has 0 spiro atoms. The Balaban J connectivity index is 2.49. The van der Waals surface area contributed by atoms with Crippen LogP contribution >= 0.6 is 27.5 Å². The fourth-order valence-electron chi connectivity index (χ4n) is 2.02. The van der Waals surface area contributed by atoms with Crippen molar-refractivity contribution in [2.45, 2.75) is 20.0 Å². The lowest BCUT2D eigenvalue weighted by Crippen LogP contribution is -2.03. The monoisotopic (exact) mass is 354 g/mol. The second kappa shape index (κ2) is 6.17. The number of aryl methyl sites for hydroxylation is 2. The van der Waals surface area contributed by atoms with E-state index >= 15 is 0 Å². The topological polar surface area (TPSA) is 29.5 Å². The van der Waals surface area contributed by atoms with E-state index in [1.165, 1.54) is 0 Å². The summed E-state index contributed by atoms with van der Waals surface area (Å²) in [5.41, 5.74) is 3.50. The Morgan fingerprint density at radius 2 is 1.85 bits per heavy atom. The zero-order valence-corrected chi connectivity index (χ0v) is 13.9. The van der Waals surface area contributed by atoms with Crippen molar-refractivity contribution in [1.82, 2.24) is 0 Å². The third-order valence-electron chi connectivity index (χ3n) is 3.32. The highest BCUT2D eigenvalue weighted by Crippen LogP contribution is 2.35. The van der Waals surface area contributed by atoms with Gasteiger partial charge in [-0.1, -0.05) is 39.7 Å². The molecule has 2 rings (SSSR count).